The molecule has 0 spiro atoms. The van der Waals surface area contributed by atoms with Crippen LogP contribution in [0.25, 0.3) is 0 Å². The molecule has 0 fully saturated rings. The maximum absolute atomic E-state index is 5.95. The summed E-state index contributed by atoms with van der Waals surface area (Å²) in [5, 5.41) is 12.1. The van der Waals surface area contributed by atoms with Gasteiger partial charge in [0.05, 0.1) is 17.9 Å². The van der Waals surface area contributed by atoms with Gasteiger partial charge >= 0.3 is 0 Å². The smallest absolute Gasteiger partial charge is 0.0993 e. The summed E-state index contributed by atoms with van der Waals surface area (Å²) in [5.74, 6) is 0. The van der Waals surface area contributed by atoms with Crippen molar-refractivity contribution in [3.05, 3.63) is 46.2 Å². The Hall–Kier alpha value is -1.39. The van der Waals surface area contributed by atoms with E-state index >= 15 is 0 Å². The number of hydrogen-bond acceptors (Lipinski definition) is 3. The van der Waals surface area contributed by atoms with E-state index in [9.17, 15) is 0 Å². The van der Waals surface area contributed by atoms with Crippen LogP contribution in [0.3, 0.4) is 0 Å². The molecule has 17 heavy (non-hydrogen) atoms. The molecule has 0 radical (unpaired) electrons. The minimum atomic E-state index is 0.698. The summed E-state index contributed by atoms with van der Waals surface area (Å²) in [5.41, 5.74) is 3.19. The van der Waals surface area contributed by atoms with Gasteiger partial charge in [-0.2, -0.15) is 0 Å². The van der Waals surface area contributed by atoms with Crippen LogP contribution in [0.15, 0.2) is 24.3 Å². The van der Waals surface area contributed by atoms with E-state index in [0.29, 0.717) is 6.54 Å². The molecule has 5 heteroatoms. The van der Waals surface area contributed by atoms with Crippen LogP contribution in [-0.4, -0.2) is 22.0 Å². The Bertz CT molecular complexity index is 507. The molecule has 1 aromatic heterocycles. The first kappa shape index (κ1) is 12.1. The van der Waals surface area contributed by atoms with Crippen molar-refractivity contribution >= 4 is 11.6 Å². The first-order valence-corrected chi connectivity index (χ1v) is 5.86. The number of aromatic nitrogens is 3. The largest absolute Gasteiger partial charge is 0.314 e. The van der Waals surface area contributed by atoms with E-state index in [4.69, 9.17) is 11.6 Å². The number of nitrogens with zero attached hydrogens (tertiary/aromatic N) is 3. The Morgan fingerprint density at radius 3 is 2.94 bits per heavy atom. The van der Waals surface area contributed by atoms with E-state index in [1.54, 1.807) is 0 Å². The number of hydrogen-bond donors (Lipinski definition) is 1. The van der Waals surface area contributed by atoms with Crippen molar-refractivity contribution in [3.63, 3.8) is 0 Å². The van der Waals surface area contributed by atoms with Gasteiger partial charge in [0.1, 0.15) is 0 Å². The average Bonchev–Trinajstić information content (AvgIpc) is 2.62. The molecule has 90 valence electrons. The van der Waals surface area contributed by atoms with Crippen LogP contribution in [-0.2, 0) is 13.1 Å². The Balaban J connectivity index is 2.19. The first-order valence-electron chi connectivity index (χ1n) is 5.48. The van der Waals surface area contributed by atoms with Crippen LogP contribution < -0.4 is 5.32 Å². The van der Waals surface area contributed by atoms with Gasteiger partial charge in [0.25, 0.3) is 0 Å². The maximum Gasteiger partial charge on any atom is 0.0993 e. The third-order valence-electron chi connectivity index (χ3n) is 2.64. The van der Waals surface area contributed by atoms with Gasteiger partial charge in [0, 0.05) is 11.6 Å². The van der Waals surface area contributed by atoms with Crippen molar-refractivity contribution in [1.82, 2.24) is 20.3 Å². The molecular formula is C12H15ClN4. The summed E-state index contributed by atoms with van der Waals surface area (Å²) in [6.07, 6.45) is 0. The molecule has 0 amide bonds. The fourth-order valence-electron chi connectivity index (χ4n) is 1.69. The quantitative estimate of drug-likeness (QED) is 0.903. The SMILES string of the molecule is CNCc1nnn(Cc2cccc(Cl)c2)c1C. The van der Waals surface area contributed by atoms with Crippen LogP contribution in [0.5, 0.6) is 0 Å². The molecule has 0 aliphatic rings. The Labute approximate surface area is 106 Å². The first-order chi connectivity index (χ1) is 8.20. The van der Waals surface area contributed by atoms with Gasteiger partial charge in [-0.3, -0.25) is 0 Å². The fourth-order valence-corrected chi connectivity index (χ4v) is 1.90. The van der Waals surface area contributed by atoms with E-state index < -0.39 is 0 Å². The molecule has 0 saturated carbocycles. The van der Waals surface area contributed by atoms with Gasteiger partial charge in [-0.25, -0.2) is 4.68 Å². The van der Waals surface area contributed by atoms with Crippen molar-refractivity contribution < 1.29 is 0 Å². The lowest BCUT2D eigenvalue weighted by Crippen LogP contribution is -2.08. The molecule has 0 aliphatic heterocycles. The van der Waals surface area contributed by atoms with Gasteiger partial charge in [-0.15, -0.1) is 5.10 Å². The topological polar surface area (TPSA) is 42.7 Å². The van der Waals surface area contributed by atoms with Crippen molar-refractivity contribution in [3.8, 4) is 0 Å². The summed E-state index contributed by atoms with van der Waals surface area (Å²) in [6, 6.07) is 7.79. The molecule has 0 saturated heterocycles. The lowest BCUT2D eigenvalue weighted by Gasteiger charge is -2.04. The number of rotatable bonds is 4. The highest BCUT2D eigenvalue weighted by Gasteiger charge is 2.07. The zero-order chi connectivity index (χ0) is 12.3. The van der Waals surface area contributed by atoms with Crippen molar-refractivity contribution in [2.75, 3.05) is 7.05 Å². The average molecular weight is 251 g/mol. The van der Waals surface area contributed by atoms with E-state index in [-0.39, 0.29) is 0 Å². The molecule has 0 aliphatic carbocycles. The second kappa shape index (κ2) is 5.29. The van der Waals surface area contributed by atoms with Crippen LogP contribution in [0.1, 0.15) is 17.0 Å². The standard InChI is InChI=1S/C12H15ClN4/c1-9-12(7-14-2)15-16-17(9)8-10-4-3-5-11(13)6-10/h3-6,14H,7-8H2,1-2H3. The van der Waals surface area contributed by atoms with Gasteiger partial charge in [0.2, 0.25) is 0 Å². The molecule has 1 aromatic carbocycles. The number of benzene rings is 1. The predicted molar refractivity (Wildman–Crippen MR) is 68.1 cm³/mol. The Kier molecular flexibility index (Phi) is 3.76. The van der Waals surface area contributed by atoms with Crippen LogP contribution in [0.2, 0.25) is 5.02 Å². The second-order valence-corrected chi connectivity index (χ2v) is 4.38. The van der Waals surface area contributed by atoms with E-state index in [1.807, 2.05) is 42.9 Å². The Morgan fingerprint density at radius 1 is 1.41 bits per heavy atom. The molecule has 0 atom stereocenters. The number of halogens is 1. The maximum atomic E-state index is 5.95. The monoisotopic (exact) mass is 250 g/mol. The van der Waals surface area contributed by atoms with Crippen molar-refractivity contribution in [2.45, 2.75) is 20.0 Å². The number of nitrogens with one attached hydrogen (secondary N) is 1. The van der Waals surface area contributed by atoms with Crippen LogP contribution >= 0.6 is 11.6 Å². The highest BCUT2D eigenvalue weighted by molar-refractivity contribution is 6.30. The van der Waals surface area contributed by atoms with Gasteiger partial charge in [-0.05, 0) is 31.7 Å². The molecular weight excluding hydrogens is 236 g/mol. The molecule has 4 nitrogen and oxygen atoms in total. The minimum Gasteiger partial charge on any atom is -0.314 e. The molecule has 0 bridgehead atoms. The predicted octanol–water partition coefficient (Wildman–Crippen LogP) is 2.01. The summed E-state index contributed by atoms with van der Waals surface area (Å²) in [6.45, 7) is 3.46. The zero-order valence-electron chi connectivity index (χ0n) is 9.94. The van der Waals surface area contributed by atoms with Gasteiger partial charge in [0.15, 0.2) is 0 Å². The van der Waals surface area contributed by atoms with Crippen LogP contribution in [0.4, 0.5) is 0 Å². The van der Waals surface area contributed by atoms with Gasteiger partial charge in [-0.1, -0.05) is 28.9 Å². The van der Waals surface area contributed by atoms with E-state index in [0.717, 1.165) is 28.5 Å². The Morgan fingerprint density at radius 2 is 2.24 bits per heavy atom. The van der Waals surface area contributed by atoms with Crippen molar-refractivity contribution in [2.24, 2.45) is 0 Å². The molecule has 0 unspecified atom stereocenters. The van der Waals surface area contributed by atoms with Crippen molar-refractivity contribution in [1.29, 1.82) is 0 Å². The van der Waals surface area contributed by atoms with Gasteiger partial charge < -0.3 is 5.32 Å². The summed E-state index contributed by atoms with van der Waals surface area (Å²) in [4.78, 5) is 0. The summed E-state index contributed by atoms with van der Waals surface area (Å²) >= 11 is 5.95. The third-order valence-corrected chi connectivity index (χ3v) is 2.88. The van der Waals surface area contributed by atoms with Crippen LogP contribution in [0, 0.1) is 6.92 Å². The second-order valence-electron chi connectivity index (χ2n) is 3.94. The lowest BCUT2D eigenvalue weighted by molar-refractivity contribution is 0.633. The van der Waals surface area contributed by atoms with E-state index in [1.165, 1.54) is 0 Å². The minimum absolute atomic E-state index is 0.698. The fraction of sp³-hybridized carbons (Fsp3) is 0.333. The normalized spacial score (nSPS) is 10.8. The molecule has 2 aromatic rings. The zero-order valence-corrected chi connectivity index (χ0v) is 10.7. The molecule has 2 rings (SSSR count). The highest BCUT2D eigenvalue weighted by Crippen LogP contribution is 2.13. The van der Waals surface area contributed by atoms with E-state index in [2.05, 4.69) is 15.6 Å². The summed E-state index contributed by atoms with van der Waals surface area (Å²) < 4.78 is 1.89. The molecule has 1 heterocycles. The lowest BCUT2D eigenvalue weighted by atomic mass is 10.2. The highest BCUT2D eigenvalue weighted by atomic mass is 35.5. The summed E-state index contributed by atoms with van der Waals surface area (Å²) in [7, 11) is 1.90. The third kappa shape index (κ3) is 2.84. The molecule has 1 N–H and O–H groups in total.